The summed E-state index contributed by atoms with van der Waals surface area (Å²) in [7, 11) is 0. The summed E-state index contributed by atoms with van der Waals surface area (Å²) in [5.41, 5.74) is 1.06. The summed E-state index contributed by atoms with van der Waals surface area (Å²) in [6, 6.07) is 8.70. The molecule has 19 heavy (non-hydrogen) atoms. The summed E-state index contributed by atoms with van der Waals surface area (Å²) in [4.78, 5) is 16.0. The molecule has 0 unspecified atom stereocenters. The van der Waals surface area contributed by atoms with Crippen molar-refractivity contribution in [2.75, 3.05) is 11.9 Å². The maximum atomic E-state index is 11.8. The van der Waals surface area contributed by atoms with Gasteiger partial charge in [0.1, 0.15) is 17.5 Å². The molecule has 0 bridgehead atoms. The summed E-state index contributed by atoms with van der Waals surface area (Å²) in [6.45, 7) is 1.85. The lowest BCUT2D eigenvalue weighted by molar-refractivity contribution is 0.102. The van der Waals surface area contributed by atoms with E-state index >= 15 is 0 Å². The Labute approximate surface area is 114 Å². The number of carbonyl (C=O) groups is 1. The maximum Gasteiger partial charge on any atom is 0.275 e. The number of benzene rings is 1. The maximum absolute atomic E-state index is 11.8. The highest BCUT2D eigenvalue weighted by Gasteiger charge is 2.09. The fraction of sp³-hybridized carbons (Fsp3) is 0.154. The van der Waals surface area contributed by atoms with Gasteiger partial charge in [0.15, 0.2) is 6.61 Å². The minimum absolute atomic E-state index is 0.00378. The van der Waals surface area contributed by atoms with Gasteiger partial charge < -0.3 is 10.1 Å². The van der Waals surface area contributed by atoms with Crippen molar-refractivity contribution in [3.05, 3.63) is 40.3 Å². The number of nitrogens with zero attached hydrogens (tertiary/aromatic N) is 2. The molecule has 0 radical (unpaired) electrons. The standard InChI is InChI=1S/C13H11N3O2S/c1-9-15-12(8-19-9)13(17)16-10-2-4-11(5-3-10)18-7-6-14/h2-5,8H,7H2,1H3,(H,16,17). The largest absolute Gasteiger partial charge is 0.479 e. The molecule has 0 aliphatic heterocycles. The first-order valence-electron chi connectivity index (χ1n) is 5.52. The molecule has 2 rings (SSSR count). The number of aryl methyl sites for hydroxylation is 1. The Morgan fingerprint density at radius 2 is 2.21 bits per heavy atom. The number of rotatable bonds is 4. The lowest BCUT2D eigenvalue weighted by atomic mass is 10.3. The normalized spacial score (nSPS) is 9.68. The van der Waals surface area contributed by atoms with E-state index in [0.29, 0.717) is 17.1 Å². The highest BCUT2D eigenvalue weighted by atomic mass is 32.1. The van der Waals surface area contributed by atoms with E-state index in [1.165, 1.54) is 11.3 Å². The van der Waals surface area contributed by atoms with Crippen molar-refractivity contribution in [2.24, 2.45) is 0 Å². The molecule has 96 valence electrons. The Balaban J connectivity index is 2.00. The molecule has 0 saturated heterocycles. The molecular weight excluding hydrogens is 262 g/mol. The van der Waals surface area contributed by atoms with Crippen molar-refractivity contribution in [3.8, 4) is 11.8 Å². The topological polar surface area (TPSA) is 75.0 Å². The van der Waals surface area contributed by atoms with Gasteiger partial charge in [-0.3, -0.25) is 4.79 Å². The molecule has 5 nitrogen and oxygen atoms in total. The molecule has 0 saturated carbocycles. The molecule has 1 amide bonds. The molecule has 0 fully saturated rings. The van der Waals surface area contributed by atoms with Gasteiger partial charge in [-0.05, 0) is 31.2 Å². The van der Waals surface area contributed by atoms with Crippen LogP contribution in [0.4, 0.5) is 5.69 Å². The SMILES string of the molecule is Cc1nc(C(=O)Nc2ccc(OCC#N)cc2)cs1. The average Bonchev–Trinajstić information content (AvgIpc) is 2.85. The number of amides is 1. The minimum atomic E-state index is -0.241. The van der Waals surface area contributed by atoms with Gasteiger partial charge in [0.25, 0.3) is 5.91 Å². The van der Waals surface area contributed by atoms with Crippen molar-refractivity contribution < 1.29 is 9.53 Å². The molecule has 2 aromatic rings. The number of ether oxygens (including phenoxy) is 1. The first kappa shape index (κ1) is 13.1. The smallest absolute Gasteiger partial charge is 0.275 e. The van der Waals surface area contributed by atoms with Crippen LogP contribution in [0.1, 0.15) is 15.5 Å². The van der Waals surface area contributed by atoms with Crippen LogP contribution in [0, 0.1) is 18.3 Å². The molecule has 1 aromatic heterocycles. The van der Waals surface area contributed by atoms with Crippen LogP contribution in [0.25, 0.3) is 0 Å². The van der Waals surface area contributed by atoms with Gasteiger partial charge in [-0.2, -0.15) is 5.26 Å². The zero-order valence-electron chi connectivity index (χ0n) is 10.2. The summed E-state index contributed by atoms with van der Waals surface area (Å²) in [5.74, 6) is 0.346. The number of thiazole rings is 1. The Hall–Kier alpha value is -2.39. The monoisotopic (exact) mass is 273 g/mol. The lowest BCUT2D eigenvalue weighted by Gasteiger charge is -2.05. The van der Waals surface area contributed by atoms with E-state index in [0.717, 1.165) is 5.01 Å². The summed E-state index contributed by atoms with van der Waals surface area (Å²) in [6.07, 6.45) is 0. The Kier molecular flexibility index (Phi) is 4.11. The van der Waals surface area contributed by atoms with Crippen LogP contribution in [-0.4, -0.2) is 17.5 Å². The Morgan fingerprint density at radius 1 is 1.47 bits per heavy atom. The first-order chi connectivity index (χ1) is 9.19. The van der Waals surface area contributed by atoms with Crippen LogP contribution in [0.15, 0.2) is 29.6 Å². The van der Waals surface area contributed by atoms with E-state index in [1.54, 1.807) is 29.6 Å². The molecule has 0 spiro atoms. The second-order valence-electron chi connectivity index (χ2n) is 3.68. The van der Waals surface area contributed by atoms with Gasteiger partial charge in [-0.25, -0.2) is 4.98 Å². The molecule has 6 heteroatoms. The second-order valence-corrected chi connectivity index (χ2v) is 4.74. The third kappa shape index (κ3) is 3.53. The number of nitriles is 1. The first-order valence-corrected chi connectivity index (χ1v) is 6.40. The van der Waals surface area contributed by atoms with Crippen molar-refractivity contribution in [3.63, 3.8) is 0 Å². The van der Waals surface area contributed by atoms with E-state index in [1.807, 2.05) is 13.0 Å². The van der Waals surface area contributed by atoms with Crippen molar-refractivity contribution >= 4 is 22.9 Å². The number of hydrogen-bond acceptors (Lipinski definition) is 5. The highest BCUT2D eigenvalue weighted by molar-refractivity contribution is 7.09. The van der Waals surface area contributed by atoms with Crippen molar-refractivity contribution in [1.82, 2.24) is 4.98 Å². The lowest BCUT2D eigenvalue weighted by Crippen LogP contribution is -2.12. The van der Waals surface area contributed by atoms with Gasteiger partial charge in [-0.1, -0.05) is 0 Å². The fourth-order valence-electron chi connectivity index (χ4n) is 1.41. The van der Waals surface area contributed by atoms with Crippen molar-refractivity contribution in [1.29, 1.82) is 5.26 Å². The predicted octanol–water partition coefficient (Wildman–Crippen LogP) is 2.61. The molecule has 0 atom stereocenters. The molecule has 1 heterocycles. The van der Waals surface area contributed by atoms with E-state index in [2.05, 4.69) is 10.3 Å². The predicted molar refractivity (Wildman–Crippen MR) is 72.4 cm³/mol. The second kappa shape index (κ2) is 5.98. The molecule has 0 aliphatic carbocycles. The number of aromatic nitrogens is 1. The van der Waals surface area contributed by atoms with Crippen LogP contribution in [0.5, 0.6) is 5.75 Å². The number of hydrogen-bond donors (Lipinski definition) is 1. The van der Waals surface area contributed by atoms with Gasteiger partial charge in [0.2, 0.25) is 0 Å². The number of carbonyl (C=O) groups excluding carboxylic acids is 1. The van der Waals surface area contributed by atoms with Crippen LogP contribution in [0.2, 0.25) is 0 Å². The summed E-state index contributed by atoms with van der Waals surface area (Å²) in [5, 5.41) is 13.7. The molecular formula is C13H11N3O2S. The van der Waals surface area contributed by atoms with Gasteiger partial charge in [-0.15, -0.1) is 11.3 Å². The van der Waals surface area contributed by atoms with Crippen molar-refractivity contribution in [2.45, 2.75) is 6.92 Å². The third-order valence-corrected chi connectivity index (χ3v) is 3.04. The van der Waals surface area contributed by atoms with Crippen LogP contribution in [0.3, 0.4) is 0 Å². The third-order valence-electron chi connectivity index (χ3n) is 2.27. The van der Waals surface area contributed by atoms with Crippen LogP contribution < -0.4 is 10.1 Å². The van der Waals surface area contributed by atoms with E-state index in [4.69, 9.17) is 10.00 Å². The van der Waals surface area contributed by atoms with Crippen LogP contribution in [-0.2, 0) is 0 Å². The average molecular weight is 273 g/mol. The van der Waals surface area contributed by atoms with E-state index in [-0.39, 0.29) is 12.5 Å². The van der Waals surface area contributed by atoms with Gasteiger partial charge >= 0.3 is 0 Å². The molecule has 1 aromatic carbocycles. The Bertz CT molecular complexity index is 614. The minimum Gasteiger partial charge on any atom is -0.479 e. The van der Waals surface area contributed by atoms with Gasteiger partial charge in [0.05, 0.1) is 5.01 Å². The molecule has 0 aliphatic rings. The summed E-state index contributed by atoms with van der Waals surface area (Å²) < 4.78 is 5.12. The Morgan fingerprint density at radius 3 is 2.79 bits per heavy atom. The highest BCUT2D eigenvalue weighted by Crippen LogP contribution is 2.17. The van der Waals surface area contributed by atoms with Gasteiger partial charge in [0, 0.05) is 11.1 Å². The zero-order valence-corrected chi connectivity index (χ0v) is 11.0. The zero-order chi connectivity index (χ0) is 13.7. The van der Waals surface area contributed by atoms with Crippen LogP contribution >= 0.6 is 11.3 Å². The van der Waals surface area contributed by atoms with E-state index in [9.17, 15) is 4.79 Å². The fourth-order valence-corrected chi connectivity index (χ4v) is 2.01. The molecule has 1 N–H and O–H groups in total. The van der Waals surface area contributed by atoms with E-state index < -0.39 is 0 Å². The number of nitrogens with one attached hydrogen (secondary N) is 1. The quantitative estimate of drug-likeness (QED) is 0.929. The summed E-state index contributed by atoms with van der Waals surface area (Å²) >= 11 is 1.43. The number of anilines is 1.